The van der Waals surface area contributed by atoms with Gasteiger partial charge in [-0.05, 0) is 88.3 Å². The molecule has 6 nitrogen and oxygen atoms in total. The third-order valence-electron chi connectivity index (χ3n) is 5.47. The molecule has 0 saturated carbocycles. The summed E-state index contributed by atoms with van der Waals surface area (Å²) in [7, 11) is 0. The molecule has 10 heteroatoms. The number of halogens is 3. The highest BCUT2D eigenvalue weighted by Crippen LogP contribution is 2.26. The molecule has 4 rings (SSSR count). The zero-order chi connectivity index (χ0) is 27.8. The van der Waals surface area contributed by atoms with Gasteiger partial charge in [0.2, 0.25) is 0 Å². The highest BCUT2D eigenvalue weighted by Gasteiger charge is 2.13. The van der Waals surface area contributed by atoms with Crippen LogP contribution in [0.25, 0.3) is 0 Å². The number of amides is 2. The number of benzene rings is 4. The van der Waals surface area contributed by atoms with E-state index in [9.17, 15) is 14.0 Å². The number of carbonyl (C=O) groups is 2. The van der Waals surface area contributed by atoms with E-state index in [1.165, 1.54) is 23.8 Å². The Labute approximate surface area is 243 Å². The molecule has 3 N–H and O–H groups in total. The first-order valence-electron chi connectivity index (χ1n) is 11.7. The summed E-state index contributed by atoms with van der Waals surface area (Å²) in [6.45, 7) is 0.497. The fraction of sp³-hybridized carbons (Fsp3) is 0.0690. The lowest BCUT2D eigenvalue weighted by molar-refractivity contribution is 0.0976. The Morgan fingerprint density at radius 2 is 1.59 bits per heavy atom. The summed E-state index contributed by atoms with van der Waals surface area (Å²) in [5, 5.41) is 8.14. The van der Waals surface area contributed by atoms with Crippen molar-refractivity contribution in [1.82, 2.24) is 5.32 Å². The second-order valence-electron chi connectivity index (χ2n) is 8.30. The van der Waals surface area contributed by atoms with Crippen LogP contribution < -0.4 is 20.7 Å². The van der Waals surface area contributed by atoms with Crippen LogP contribution >= 0.6 is 39.7 Å². The summed E-state index contributed by atoms with van der Waals surface area (Å²) >= 11 is 14.5. The van der Waals surface area contributed by atoms with Gasteiger partial charge in [-0.25, -0.2) is 4.39 Å². The van der Waals surface area contributed by atoms with E-state index in [0.717, 1.165) is 6.42 Å². The van der Waals surface area contributed by atoms with Gasteiger partial charge < -0.3 is 15.4 Å². The molecule has 0 unspecified atom stereocenters. The van der Waals surface area contributed by atoms with Crippen LogP contribution in [-0.4, -0.2) is 23.5 Å². The van der Waals surface area contributed by atoms with Gasteiger partial charge in [0.15, 0.2) is 5.11 Å². The van der Waals surface area contributed by atoms with E-state index in [0.29, 0.717) is 39.3 Å². The zero-order valence-electron chi connectivity index (χ0n) is 20.3. The van der Waals surface area contributed by atoms with E-state index >= 15 is 0 Å². The first-order chi connectivity index (χ1) is 18.8. The summed E-state index contributed by atoms with van der Waals surface area (Å²) < 4.78 is 19.8. The normalized spacial score (nSPS) is 10.4. The van der Waals surface area contributed by atoms with Gasteiger partial charge in [0.05, 0.1) is 16.1 Å². The Balaban J connectivity index is 1.31. The van der Waals surface area contributed by atoms with Crippen molar-refractivity contribution < 1.29 is 18.7 Å². The average Bonchev–Trinajstić information content (AvgIpc) is 2.92. The standard InChI is InChI=1S/C29H22BrClFN3O3S/c30-23-16-20(9-12-26(23)38-14-13-18-5-2-1-3-6-18)28(37)35-29(39)34-21-8-4-7-19(15-21)27(36)33-22-10-11-25(32)24(31)17-22/h1-12,15-17H,13-14H2,(H,33,36)(H2,34,35,37,39). The third kappa shape index (κ3) is 8.10. The average molecular weight is 627 g/mol. The van der Waals surface area contributed by atoms with Crippen LogP contribution in [0, 0.1) is 5.82 Å². The molecule has 4 aromatic rings. The lowest BCUT2D eigenvalue weighted by Gasteiger charge is -2.12. The predicted molar refractivity (Wildman–Crippen MR) is 159 cm³/mol. The third-order valence-corrected chi connectivity index (χ3v) is 6.59. The Bertz CT molecular complexity index is 1520. The quantitative estimate of drug-likeness (QED) is 0.180. The molecule has 0 aromatic heterocycles. The van der Waals surface area contributed by atoms with Crippen molar-refractivity contribution in [3.8, 4) is 5.75 Å². The fourth-order valence-corrected chi connectivity index (χ4v) is 4.42. The Hall–Kier alpha value is -3.79. The minimum Gasteiger partial charge on any atom is -0.492 e. The van der Waals surface area contributed by atoms with Crippen LogP contribution in [-0.2, 0) is 6.42 Å². The topological polar surface area (TPSA) is 79.5 Å². The molecule has 0 saturated heterocycles. The van der Waals surface area contributed by atoms with Gasteiger partial charge in [-0.2, -0.15) is 0 Å². The number of ether oxygens (including phenoxy) is 1. The van der Waals surface area contributed by atoms with E-state index in [2.05, 4.69) is 31.9 Å². The summed E-state index contributed by atoms with van der Waals surface area (Å²) in [5.74, 6) is -0.786. The summed E-state index contributed by atoms with van der Waals surface area (Å²) in [6, 6.07) is 25.5. The fourth-order valence-electron chi connectivity index (χ4n) is 3.54. The number of nitrogens with one attached hydrogen (secondary N) is 3. The van der Waals surface area contributed by atoms with E-state index in [1.54, 1.807) is 42.5 Å². The minimum absolute atomic E-state index is 0.0576. The van der Waals surface area contributed by atoms with Crippen molar-refractivity contribution in [3.63, 3.8) is 0 Å². The van der Waals surface area contributed by atoms with E-state index in [1.807, 2.05) is 30.3 Å². The number of anilines is 2. The van der Waals surface area contributed by atoms with E-state index < -0.39 is 17.6 Å². The maximum atomic E-state index is 13.4. The Morgan fingerprint density at radius 1 is 0.846 bits per heavy atom. The van der Waals surface area contributed by atoms with Gasteiger partial charge in [0, 0.05) is 28.9 Å². The molecule has 4 aromatic carbocycles. The molecular weight excluding hydrogens is 605 g/mol. The highest BCUT2D eigenvalue weighted by atomic mass is 79.9. The molecule has 0 heterocycles. The molecule has 0 fully saturated rings. The molecule has 39 heavy (non-hydrogen) atoms. The zero-order valence-corrected chi connectivity index (χ0v) is 23.5. The maximum absolute atomic E-state index is 13.4. The molecule has 0 bridgehead atoms. The molecule has 0 aliphatic rings. The van der Waals surface area contributed by atoms with Gasteiger partial charge in [0.1, 0.15) is 11.6 Å². The van der Waals surface area contributed by atoms with Crippen LogP contribution in [0.5, 0.6) is 5.75 Å². The Kier molecular flexibility index (Phi) is 9.64. The molecule has 198 valence electrons. The monoisotopic (exact) mass is 625 g/mol. The molecule has 0 aliphatic carbocycles. The second-order valence-corrected chi connectivity index (χ2v) is 9.97. The number of hydrogen-bond acceptors (Lipinski definition) is 4. The summed E-state index contributed by atoms with van der Waals surface area (Å²) in [4.78, 5) is 25.4. The molecule has 0 atom stereocenters. The van der Waals surface area contributed by atoms with Crippen molar-refractivity contribution in [2.75, 3.05) is 17.2 Å². The molecule has 0 spiro atoms. The lowest BCUT2D eigenvalue weighted by Crippen LogP contribution is -2.34. The largest absolute Gasteiger partial charge is 0.492 e. The van der Waals surface area contributed by atoms with Gasteiger partial charge in [-0.3, -0.25) is 14.9 Å². The smallest absolute Gasteiger partial charge is 0.257 e. The molecule has 0 aliphatic heterocycles. The van der Waals surface area contributed by atoms with Crippen molar-refractivity contribution in [1.29, 1.82) is 0 Å². The van der Waals surface area contributed by atoms with Crippen molar-refractivity contribution in [3.05, 3.63) is 123 Å². The van der Waals surface area contributed by atoms with E-state index in [4.69, 9.17) is 28.6 Å². The van der Waals surface area contributed by atoms with Gasteiger partial charge >= 0.3 is 0 Å². The predicted octanol–water partition coefficient (Wildman–Crippen LogP) is 7.24. The highest BCUT2D eigenvalue weighted by molar-refractivity contribution is 9.10. The number of carbonyl (C=O) groups excluding carboxylic acids is 2. The number of thiocarbonyl (C=S) groups is 1. The van der Waals surface area contributed by atoms with Crippen LogP contribution in [0.4, 0.5) is 15.8 Å². The van der Waals surface area contributed by atoms with Gasteiger partial charge in [0.25, 0.3) is 11.8 Å². The maximum Gasteiger partial charge on any atom is 0.257 e. The number of rotatable bonds is 8. The number of hydrogen-bond donors (Lipinski definition) is 3. The molecule has 2 amide bonds. The summed E-state index contributed by atoms with van der Waals surface area (Å²) in [5.41, 5.74) is 2.73. The Morgan fingerprint density at radius 3 is 2.33 bits per heavy atom. The van der Waals surface area contributed by atoms with E-state index in [-0.39, 0.29) is 10.1 Å². The lowest BCUT2D eigenvalue weighted by atomic mass is 10.1. The first-order valence-corrected chi connectivity index (χ1v) is 13.3. The first kappa shape index (κ1) is 28.2. The van der Waals surface area contributed by atoms with Crippen LogP contribution in [0.2, 0.25) is 5.02 Å². The SMILES string of the molecule is O=C(NC(=S)Nc1cccc(C(=O)Nc2ccc(F)c(Cl)c2)c1)c1ccc(OCCc2ccccc2)c(Br)c1. The van der Waals surface area contributed by atoms with Crippen molar-refractivity contribution >= 4 is 68.1 Å². The molecular formula is C29H22BrClFN3O3S. The van der Waals surface area contributed by atoms with Crippen molar-refractivity contribution in [2.45, 2.75) is 6.42 Å². The van der Waals surface area contributed by atoms with Gasteiger partial charge in [-0.1, -0.05) is 48.0 Å². The van der Waals surface area contributed by atoms with Crippen LogP contribution in [0.3, 0.4) is 0 Å². The summed E-state index contributed by atoms with van der Waals surface area (Å²) in [6.07, 6.45) is 0.763. The van der Waals surface area contributed by atoms with Gasteiger partial charge in [-0.15, -0.1) is 0 Å². The second kappa shape index (κ2) is 13.3. The molecule has 0 radical (unpaired) electrons. The minimum atomic E-state index is -0.577. The van der Waals surface area contributed by atoms with Crippen LogP contribution in [0.15, 0.2) is 95.5 Å². The van der Waals surface area contributed by atoms with Crippen molar-refractivity contribution in [2.24, 2.45) is 0 Å². The van der Waals surface area contributed by atoms with Crippen LogP contribution in [0.1, 0.15) is 26.3 Å².